The first kappa shape index (κ1) is 7.87. The number of hydrogen-bond acceptors (Lipinski definition) is 0. The van der Waals surface area contributed by atoms with Crippen LogP contribution < -0.4 is 0 Å². The smallest absolute Gasteiger partial charge is 0.0331 e. The normalized spacial score (nSPS) is 32.2. The second-order valence-corrected chi connectivity index (χ2v) is 3.51. The molecule has 0 aromatic heterocycles. The van der Waals surface area contributed by atoms with E-state index in [4.69, 9.17) is 11.6 Å². The molecule has 0 bridgehead atoms. The molecule has 1 aliphatic rings. The average molecular weight is 157 g/mol. The van der Waals surface area contributed by atoms with Crippen molar-refractivity contribution in [3.05, 3.63) is 23.8 Å². The van der Waals surface area contributed by atoms with E-state index in [0.29, 0.717) is 5.03 Å². The second kappa shape index (κ2) is 3.25. The third-order valence-corrected chi connectivity index (χ3v) is 2.34. The Balaban J connectivity index is 2.31. The van der Waals surface area contributed by atoms with Gasteiger partial charge < -0.3 is 0 Å². The lowest BCUT2D eigenvalue weighted by molar-refractivity contribution is 0.251. The molecule has 1 fully saturated rings. The predicted molar refractivity (Wildman–Crippen MR) is 46.0 cm³/mol. The highest BCUT2D eigenvalue weighted by Gasteiger charge is 2.23. The van der Waals surface area contributed by atoms with Crippen LogP contribution in [-0.4, -0.2) is 0 Å². The van der Waals surface area contributed by atoms with Crippen molar-refractivity contribution in [3.63, 3.8) is 0 Å². The molecule has 0 amide bonds. The van der Waals surface area contributed by atoms with Gasteiger partial charge in [0, 0.05) is 5.03 Å². The van der Waals surface area contributed by atoms with Crippen LogP contribution in [0.3, 0.4) is 0 Å². The van der Waals surface area contributed by atoms with Crippen molar-refractivity contribution in [2.24, 2.45) is 11.8 Å². The summed E-state index contributed by atoms with van der Waals surface area (Å²) in [6.07, 6.45) is 6.76. The van der Waals surface area contributed by atoms with E-state index in [-0.39, 0.29) is 0 Å². The highest BCUT2D eigenvalue weighted by Crippen LogP contribution is 2.34. The lowest BCUT2D eigenvalue weighted by Crippen LogP contribution is -2.20. The molecule has 1 heteroatoms. The van der Waals surface area contributed by atoms with Crippen molar-refractivity contribution in [1.82, 2.24) is 0 Å². The van der Waals surface area contributed by atoms with Gasteiger partial charge >= 0.3 is 0 Å². The predicted octanol–water partition coefficient (Wildman–Crippen LogP) is 3.34. The molecule has 56 valence electrons. The van der Waals surface area contributed by atoms with Crippen LogP contribution >= 0.6 is 11.6 Å². The van der Waals surface area contributed by atoms with Gasteiger partial charge in [-0.15, -0.1) is 0 Å². The molecule has 0 N–H and O–H groups in total. The number of allylic oxidation sites excluding steroid dienone is 3. The summed E-state index contributed by atoms with van der Waals surface area (Å²) >= 11 is 5.57. The number of halogens is 1. The van der Waals surface area contributed by atoms with Crippen molar-refractivity contribution < 1.29 is 0 Å². The summed E-state index contributed by atoms with van der Waals surface area (Å²) in [4.78, 5) is 0. The lowest BCUT2D eigenvalue weighted by Gasteiger charge is -2.31. The van der Waals surface area contributed by atoms with Gasteiger partial charge in [-0.2, -0.15) is 0 Å². The van der Waals surface area contributed by atoms with E-state index in [1.165, 1.54) is 12.8 Å². The first-order valence-corrected chi connectivity index (χ1v) is 4.10. The van der Waals surface area contributed by atoms with E-state index >= 15 is 0 Å². The van der Waals surface area contributed by atoms with Crippen LogP contribution in [0, 0.1) is 11.8 Å². The van der Waals surface area contributed by atoms with Crippen LogP contribution in [0.4, 0.5) is 0 Å². The largest absolute Gasteiger partial charge is 0.0850 e. The molecular formula is C9H13Cl. The first-order chi connectivity index (χ1) is 4.70. The summed E-state index contributed by atoms with van der Waals surface area (Å²) in [6.45, 7) is 5.86. The number of hydrogen-bond donors (Lipinski definition) is 0. The van der Waals surface area contributed by atoms with Crippen molar-refractivity contribution in [1.29, 1.82) is 0 Å². The third-order valence-electron chi connectivity index (χ3n) is 2.21. The summed E-state index contributed by atoms with van der Waals surface area (Å²) in [5.41, 5.74) is 0. The summed E-state index contributed by atoms with van der Waals surface area (Å²) in [5.74, 6) is 1.61. The van der Waals surface area contributed by atoms with Gasteiger partial charge in [0.1, 0.15) is 0 Å². The second-order valence-electron chi connectivity index (χ2n) is 3.02. The van der Waals surface area contributed by atoms with Gasteiger partial charge in [0.15, 0.2) is 0 Å². The maximum atomic E-state index is 5.57. The standard InChI is InChI=1S/C9H13Cl/c1-7-3-5-9(7)6-4-8(2)10/h4,6-7,9H,2-3,5H2,1H3. The monoisotopic (exact) mass is 156 g/mol. The van der Waals surface area contributed by atoms with E-state index in [2.05, 4.69) is 19.6 Å². The molecule has 1 saturated carbocycles. The minimum absolute atomic E-state index is 0.638. The van der Waals surface area contributed by atoms with Gasteiger partial charge in [-0.25, -0.2) is 0 Å². The topological polar surface area (TPSA) is 0 Å². The molecule has 0 aromatic rings. The van der Waals surface area contributed by atoms with Gasteiger partial charge in [-0.3, -0.25) is 0 Å². The summed E-state index contributed by atoms with van der Waals surface area (Å²) in [7, 11) is 0. The summed E-state index contributed by atoms with van der Waals surface area (Å²) < 4.78 is 0. The zero-order valence-corrected chi connectivity index (χ0v) is 7.06. The molecule has 0 heterocycles. The maximum absolute atomic E-state index is 5.57. The Labute approximate surface area is 67.6 Å². The Kier molecular flexibility index (Phi) is 2.56. The molecule has 1 aliphatic carbocycles. The van der Waals surface area contributed by atoms with Crippen LogP contribution in [-0.2, 0) is 0 Å². The van der Waals surface area contributed by atoms with Gasteiger partial charge in [0.2, 0.25) is 0 Å². The summed E-state index contributed by atoms with van der Waals surface area (Å²) in [6, 6.07) is 0. The minimum Gasteiger partial charge on any atom is -0.0850 e. The first-order valence-electron chi connectivity index (χ1n) is 3.73. The Bertz CT molecular complexity index is 158. The molecule has 10 heavy (non-hydrogen) atoms. The Hall–Kier alpha value is -0.230. The highest BCUT2D eigenvalue weighted by molar-refractivity contribution is 6.30. The molecule has 0 nitrogen and oxygen atoms in total. The molecule has 0 saturated heterocycles. The van der Waals surface area contributed by atoms with Crippen LogP contribution in [0.25, 0.3) is 0 Å². The van der Waals surface area contributed by atoms with E-state index in [9.17, 15) is 0 Å². The maximum Gasteiger partial charge on any atom is 0.0331 e. The van der Waals surface area contributed by atoms with E-state index in [1.807, 2.05) is 6.08 Å². The van der Waals surface area contributed by atoms with Crippen LogP contribution in [0.15, 0.2) is 23.8 Å². The molecule has 1 rings (SSSR count). The average Bonchev–Trinajstić information content (AvgIpc) is 1.84. The van der Waals surface area contributed by atoms with Crippen LogP contribution in [0.5, 0.6) is 0 Å². The van der Waals surface area contributed by atoms with Crippen LogP contribution in [0.1, 0.15) is 19.8 Å². The van der Waals surface area contributed by atoms with Gasteiger partial charge in [0.05, 0.1) is 0 Å². The van der Waals surface area contributed by atoms with E-state index in [1.54, 1.807) is 0 Å². The molecule has 0 radical (unpaired) electrons. The van der Waals surface area contributed by atoms with Gasteiger partial charge in [-0.05, 0) is 30.8 Å². The fraction of sp³-hybridized carbons (Fsp3) is 0.556. The number of rotatable bonds is 2. The summed E-state index contributed by atoms with van der Waals surface area (Å²) in [5, 5.41) is 0.638. The van der Waals surface area contributed by atoms with Crippen molar-refractivity contribution >= 4 is 11.6 Å². The fourth-order valence-electron chi connectivity index (χ4n) is 1.21. The van der Waals surface area contributed by atoms with Crippen molar-refractivity contribution in [2.75, 3.05) is 0 Å². The Morgan fingerprint density at radius 2 is 2.30 bits per heavy atom. The quantitative estimate of drug-likeness (QED) is 0.538. The van der Waals surface area contributed by atoms with Gasteiger partial charge in [0.25, 0.3) is 0 Å². The molecular weight excluding hydrogens is 144 g/mol. The fourth-order valence-corrected chi connectivity index (χ4v) is 1.28. The Morgan fingerprint density at radius 3 is 2.60 bits per heavy atom. The molecule has 2 unspecified atom stereocenters. The molecule has 0 aromatic carbocycles. The third kappa shape index (κ3) is 1.88. The molecule has 0 spiro atoms. The lowest BCUT2D eigenvalue weighted by atomic mass is 9.75. The SMILES string of the molecule is C=C(Cl)C=CC1CCC1C. The van der Waals surface area contributed by atoms with Crippen molar-refractivity contribution in [2.45, 2.75) is 19.8 Å². The minimum atomic E-state index is 0.638. The zero-order valence-electron chi connectivity index (χ0n) is 6.31. The van der Waals surface area contributed by atoms with Crippen LogP contribution in [0.2, 0.25) is 0 Å². The zero-order chi connectivity index (χ0) is 7.56. The van der Waals surface area contributed by atoms with Crippen molar-refractivity contribution in [3.8, 4) is 0 Å². The van der Waals surface area contributed by atoms with Gasteiger partial charge in [-0.1, -0.05) is 31.2 Å². The van der Waals surface area contributed by atoms with E-state index in [0.717, 1.165) is 11.8 Å². The highest BCUT2D eigenvalue weighted by atomic mass is 35.5. The Morgan fingerprint density at radius 1 is 1.60 bits per heavy atom. The molecule has 2 atom stereocenters. The molecule has 0 aliphatic heterocycles. The van der Waals surface area contributed by atoms with E-state index < -0.39 is 0 Å².